The number of benzene rings is 2. The Labute approximate surface area is 125 Å². The molecular weight excluding hydrogens is 258 g/mol. The van der Waals surface area contributed by atoms with Gasteiger partial charge < -0.3 is 4.57 Å². The second-order valence-electron chi connectivity index (χ2n) is 5.44. The summed E-state index contributed by atoms with van der Waals surface area (Å²) in [5.41, 5.74) is 4.37. The Bertz CT molecular complexity index is 798. The molecule has 0 radical (unpaired) electrons. The van der Waals surface area contributed by atoms with Crippen LogP contribution in [0, 0.1) is 6.92 Å². The highest BCUT2D eigenvalue weighted by Crippen LogP contribution is 2.21. The molecule has 2 nitrogen and oxygen atoms in total. The first-order chi connectivity index (χ1) is 10.2. The summed E-state index contributed by atoms with van der Waals surface area (Å²) < 4.78 is 2.07. The lowest BCUT2D eigenvalue weighted by molar-refractivity contribution is 0.0973. The van der Waals surface area contributed by atoms with Crippen molar-refractivity contribution < 1.29 is 4.79 Å². The predicted molar refractivity (Wildman–Crippen MR) is 86.8 cm³/mol. The molecule has 106 valence electrons. The molecule has 0 atom stereocenters. The lowest BCUT2D eigenvalue weighted by Crippen LogP contribution is -2.10. The van der Waals surface area contributed by atoms with Gasteiger partial charge >= 0.3 is 0 Å². The molecule has 2 heteroatoms. The van der Waals surface area contributed by atoms with Crippen LogP contribution in [0.1, 0.15) is 28.4 Å². The van der Waals surface area contributed by atoms with E-state index in [9.17, 15) is 4.79 Å². The van der Waals surface area contributed by atoms with Crippen LogP contribution in [0.5, 0.6) is 0 Å². The van der Waals surface area contributed by atoms with Gasteiger partial charge in [0.2, 0.25) is 0 Å². The Balaban J connectivity index is 1.97. The van der Waals surface area contributed by atoms with Gasteiger partial charge in [0.25, 0.3) is 0 Å². The largest absolute Gasteiger partial charge is 0.339 e. The number of para-hydroxylation sites is 1. The van der Waals surface area contributed by atoms with Crippen LogP contribution in [-0.4, -0.2) is 10.4 Å². The first-order valence-electron chi connectivity index (χ1n) is 7.35. The van der Waals surface area contributed by atoms with Crippen molar-refractivity contribution in [3.8, 4) is 0 Å². The summed E-state index contributed by atoms with van der Waals surface area (Å²) in [5.74, 6) is 0.155. The van der Waals surface area contributed by atoms with Gasteiger partial charge in [-0.3, -0.25) is 4.79 Å². The molecule has 0 aliphatic carbocycles. The van der Waals surface area contributed by atoms with Crippen LogP contribution in [0.4, 0.5) is 0 Å². The van der Waals surface area contributed by atoms with E-state index in [0.29, 0.717) is 6.54 Å². The van der Waals surface area contributed by atoms with Gasteiger partial charge in [-0.15, -0.1) is 0 Å². The van der Waals surface area contributed by atoms with Crippen LogP contribution in [0.3, 0.4) is 0 Å². The van der Waals surface area contributed by atoms with Gasteiger partial charge in [0.15, 0.2) is 5.78 Å². The third-order valence-corrected chi connectivity index (χ3v) is 3.91. The minimum Gasteiger partial charge on any atom is -0.339 e. The van der Waals surface area contributed by atoms with Gasteiger partial charge in [0, 0.05) is 11.8 Å². The number of carbonyl (C=O) groups is 1. The van der Waals surface area contributed by atoms with E-state index < -0.39 is 0 Å². The van der Waals surface area contributed by atoms with Crippen LogP contribution in [0.15, 0.2) is 54.7 Å². The van der Waals surface area contributed by atoms with Gasteiger partial charge in [-0.2, -0.15) is 0 Å². The predicted octanol–water partition coefficient (Wildman–Crippen LogP) is 4.40. The van der Waals surface area contributed by atoms with Gasteiger partial charge in [0.05, 0.1) is 12.1 Å². The standard InChI is InChI=1S/C19H19NO/c1-3-15-7-5-8-16-10-11-20(19(15)16)13-18(21)17-9-4-6-14(2)12-17/h4-12H,3,13H2,1-2H3. The summed E-state index contributed by atoms with van der Waals surface area (Å²) in [6.07, 6.45) is 2.98. The maximum absolute atomic E-state index is 12.5. The van der Waals surface area contributed by atoms with Crippen molar-refractivity contribution in [3.63, 3.8) is 0 Å². The second-order valence-corrected chi connectivity index (χ2v) is 5.44. The minimum absolute atomic E-state index is 0.155. The van der Waals surface area contributed by atoms with E-state index in [1.165, 1.54) is 16.5 Å². The van der Waals surface area contributed by atoms with E-state index in [4.69, 9.17) is 0 Å². The Morgan fingerprint density at radius 1 is 1.10 bits per heavy atom. The maximum Gasteiger partial charge on any atom is 0.182 e. The molecule has 3 rings (SSSR count). The highest BCUT2D eigenvalue weighted by atomic mass is 16.1. The number of ketones is 1. The van der Waals surface area contributed by atoms with Crippen molar-refractivity contribution in [2.45, 2.75) is 26.8 Å². The number of aryl methyl sites for hydroxylation is 2. The van der Waals surface area contributed by atoms with Crippen molar-refractivity contribution in [1.82, 2.24) is 4.57 Å². The van der Waals surface area contributed by atoms with Gasteiger partial charge in [-0.05, 0) is 36.4 Å². The number of hydrogen-bond acceptors (Lipinski definition) is 1. The average Bonchev–Trinajstić information content (AvgIpc) is 2.90. The Morgan fingerprint density at radius 2 is 1.90 bits per heavy atom. The van der Waals surface area contributed by atoms with E-state index in [2.05, 4.69) is 35.8 Å². The molecule has 0 bridgehead atoms. The minimum atomic E-state index is 0.155. The van der Waals surface area contributed by atoms with Crippen molar-refractivity contribution in [3.05, 3.63) is 71.4 Å². The molecule has 1 aromatic heterocycles. The molecule has 21 heavy (non-hydrogen) atoms. The van der Waals surface area contributed by atoms with Gasteiger partial charge in [-0.25, -0.2) is 0 Å². The fourth-order valence-corrected chi connectivity index (χ4v) is 2.82. The first-order valence-corrected chi connectivity index (χ1v) is 7.35. The van der Waals surface area contributed by atoms with E-state index in [0.717, 1.165) is 17.5 Å². The third kappa shape index (κ3) is 2.62. The zero-order chi connectivity index (χ0) is 14.8. The highest BCUT2D eigenvalue weighted by Gasteiger charge is 2.10. The smallest absolute Gasteiger partial charge is 0.182 e. The van der Waals surface area contributed by atoms with E-state index in [1.807, 2.05) is 37.4 Å². The first kappa shape index (κ1) is 13.6. The second kappa shape index (κ2) is 5.57. The molecule has 0 spiro atoms. The molecule has 0 aliphatic rings. The van der Waals surface area contributed by atoms with Crippen molar-refractivity contribution in [2.75, 3.05) is 0 Å². The summed E-state index contributed by atoms with van der Waals surface area (Å²) in [5, 5.41) is 1.20. The number of aromatic nitrogens is 1. The van der Waals surface area contributed by atoms with Crippen molar-refractivity contribution in [1.29, 1.82) is 0 Å². The summed E-state index contributed by atoms with van der Waals surface area (Å²) in [6, 6.07) is 16.2. The zero-order valence-electron chi connectivity index (χ0n) is 12.5. The molecule has 0 fully saturated rings. The van der Waals surface area contributed by atoms with Crippen LogP contribution < -0.4 is 0 Å². The van der Waals surface area contributed by atoms with Crippen molar-refractivity contribution >= 4 is 16.7 Å². The Kier molecular flexibility index (Phi) is 3.61. The number of hydrogen-bond donors (Lipinski definition) is 0. The zero-order valence-corrected chi connectivity index (χ0v) is 12.5. The summed E-state index contributed by atoms with van der Waals surface area (Å²) >= 11 is 0. The molecule has 0 amide bonds. The van der Waals surface area contributed by atoms with Crippen LogP contribution >= 0.6 is 0 Å². The van der Waals surface area contributed by atoms with Gasteiger partial charge in [-0.1, -0.05) is 48.9 Å². The number of Topliss-reactive ketones (excluding diaryl/α,β-unsaturated/α-hetero) is 1. The number of fused-ring (bicyclic) bond motifs is 1. The highest BCUT2D eigenvalue weighted by molar-refractivity contribution is 5.97. The SMILES string of the molecule is CCc1cccc2ccn(CC(=O)c3cccc(C)c3)c12. The lowest BCUT2D eigenvalue weighted by Gasteiger charge is -2.09. The normalized spacial score (nSPS) is 11.0. The van der Waals surface area contributed by atoms with Crippen LogP contribution in [0.2, 0.25) is 0 Å². The molecule has 0 saturated carbocycles. The number of nitrogens with zero attached hydrogens (tertiary/aromatic N) is 1. The quantitative estimate of drug-likeness (QED) is 0.648. The summed E-state index contributed by atoms with van der Waals surface area (Å²) in [4.78, 5) is 12.5. The molecule has 1 heterocycles. The molecule has 2 aromatic carbocycles. The number of rotatable bonds is 4. The summed E-state index contributed by atoms with van der Waals surface area (Å²) in [6.45, 7) is 4.55. The molecule has 0 unspecified atom stereocenters. The average molecular weight is 277 g/mol. The molecule has 0 N–H and O–H groups in total. The third-order valence-electron chi connectivity index (χ3n) is 3.91. The Morgan fingerprint density at radius 3 is 2.67 bits per heavy atom. The Hall–Kier alpha value is -2.35. The topological polar surface area (TPSA) is 22.0 Å². The van der Waals surface area contributed by atoms with Crippen LogP contribution in [0.25, 0.3) is 10.9 Å². The monoisotopic (exact) mass is 277 g/mol. The molecule has 0 saturated heterocycles. The lowest BCUT2D eigenvalue weighted by atomic mass is 10.1. The van der Waals surface area contributed by atoms with Crippen molar-refractivity contribution in [2.24, 2.45) is 0 Å². The van der Waals surface area contributed by atoms with E-state index in [1.54, 1.807) is 0 Å². The number of carbonyl (C=O) groups excluding carboxylic acids is 1. The fraction of sp³-hybridized carbons (Fsp3) is 0.211. The fourth-order valence-electron chi connectivity index (χ4n) is 2.82. The van der Waals surface area contributed by atoms with Gasteiger partial charge in [0.1, 0.15) is 0 Å². The molecular formula is C19H19NO. The van der Waals surface area contributed by atoms with Crippen LogP contribution in [-0.2, 0) is 13.0 Å². The molecule has 0 aliphatic heterocycles. The van der Waals surface area contributed by atoms with E-state index >= 15 is 0 Å². The maximum atomic E-state index is 12.5. The molecule has 3 aromatic rings. The van der Waals surface area contributed by atoms with E-state index in [-0.39, 0.29) is 5.78 Å². The summed E-state index contributed by atoms with van der Waals surface area (Å²) in [7, 11) is 0.